The van der Waals surface area contributed by atoms with E-state index in [1.165, 1.54) is 6.08 Å². The van der Waals surface area contributed by atoms with E-state index in [0.29, 0.717) is 0 Å². The predicted molar refractivity (Wildman–Crippen MR) is 69.3 cm³/mol. The topological polar surface area (TPSA) is 78.4 Å². The molecular weight excluding hydrogens is 232 g/mol. The van der Waals surface area contributed by atoms with Crippen molar-refractivity contribution in [2.24, 2.45) is 0 Å². The van der Waals surface area contributed by atoms with Crippen LogP contribution in [0.1, 0.15) is 6.42 Å². The van der Waals surface area contributed by atoms with E-state index in [0.717, 1.165) is 5.69 Å². The molecule has 1 rings (SSSR count). The highest BCUT2D eigenvalue weighted by atomic mass is 16.4. The number of carbonyl (C=O) groups is 2. The molecule has 18 heavy (non-hydrogen) atoms. The number of anilines is 1. The fourth-order valence-corrected chi connectivity index (χ4v) is 1.37. The van der Waals surface area contributed by atoms with E-state index in [1.807, 2.05) is 30.3 Å². The molecule has 0 saturated heterocycles. The molecule has 0 fully saturated rings. The third-order valence-electron chi connectivity index (χ3n) is 2.26. The van der Waals surface area contributed by atoms with Crippen LogP contribution < -0.4 is 10.6 Å². The van der Waals surface area contributed by atoms with Crippen LogP contribution in [-0.4, -0.2) is 29.6 Å². The fraction of sp³-hybridized carbons (Fsp3) is 0.231. The van der Waals surface area contributed by atoms with Crippen LogP contribution in [0.5, 0.6) is 0 Å². The number of nitrogens with one attached hydrogen (secondary N) is 2. The highest BCUT2D eigenvalue weighted by molar-refractivity contribution is 5.86. The average molecular weight is 248 g/mol. The summed E-state index contributed by atoms with van der Waals surface area (Å²) in [5.74, 6) is -1.43. The molecule has 0 aliphatic carbocycles. The summed E-state index contributed by atoms with van der Waals surface area (Å²) in [6, 6.07) is 8.29. The number of amides is 1. The van der Waals surface area contributed by atoms with Crippen LogP contribution >= 0.6 is 0 Å². The van der Waals surface area contributed by atoms with E-state index < -0.39 is 12.0 Å². The van der Waals surface area contributed by atoms with Gasteiger partial charge in [0, 0.05) is 5.69 Å². The van der Waals surface area contributed by atoms with Gasteiger partial charge < -0.3 is 15.7 Å². The van der Waals surface area contributed by atoms with Crippen LogP contribution in [-0.2, 0) is 9.59 Å². The van der Waals surface area contributed by atoms with Crippen molar-refractivity contribution in [1.82, 2.24) is 5.32 Å². The van der Waals surface area contributed by atoms with Crippen molar-refractivity contribution in [2.75, 3.05) is 11.9 Å². The summed E-state index contributed by atoms with van der Waals surface area (Å²) in [5.41, 5.74) is 0.809. The van der Waals surface area contributed by atoms with Crippen molar-refractivity contribution >= 4 is 17.6 Å². The molecule has 0 heterocycles. The zero-order valence-electron chi connectivity index (χ0n) is 9.93. The molecule has 1 aromatic rings. The maximum atomic E-state index is 11.5. The first-order valence-corrected chi connectivity index (χ1v) is 5.55. The Hall–Kier alpha value is -2.30. The molecule has 3 N–H and O–H groups in total. The van der Waals surface area contributed by atoms with E-state index in [9.17, 15) is 9.59 Å². The van der Waals surface area contributed by atoms with Gasteiger partial charge in [-0.1, -0.05) is 24.3 Å². The Morgan fingerprint density at radius 1 is 1.33 bits per heavy atom. The molecule has 0 bridgehead atoms. The van der Waals surface area contributed by atoms with Gasteiger partial charge in [0.1, 0.15) is 6.04 Å². The Bertz CT molecular complexity index is 418. The molecule has 1 atom stereocenters. The molecule has 0 aromatic heterocycles. The lowest BCUT2D eigenvalue weighted by atomic mass is 10.2. The number of aliphatic carboxylic acids is 1. The minimum Gasteiger partial charge on any atom is -0.480 e. The molecule has 0 aliphatic heterocycles. The van der Waals surface area contributed by atoms with E-state index in [4.69, 9.17) is 5.11 Å². The molecule has 0 aliphatic rings. The summed E-state index contributed by atoms with van der Waals surface area (Å²) in [6.45, 7) is 3.49. The molecule has 0 radical (unpaired) electrons. The van der Waals surface area contributed by atoms with Gasteiger partial charge in [-0.2, -0.15) is 0 Å². The Morgan fingerprint density at radius 2 is 2.00 bits per heavy atom. The van der Waals surface area contributed by atoms with Gasteiger partial charge in [-0.15, -0.1) is 6.58 Å². The number of rotatable bonds is 7. The van der Waals surface area contributed by atoms with Gasteiger partial charge in [-0.05, 0) is 18.6 Å². The van der Waals surface area contributed by atoms with E-state index in [2.05, 4.69) is 17.2 Å². The summed E-state index contributed by atoms with van der Waals surface area (Å²) in [4.78, 5) is 22.4. The Kier molecular flexibility index (Phi) is 5.44. The van der Waals surface area contributed by atoms with Crippen LogP contribution in [0.4, 0.5) is 5.69 Å². The van der Waals surface area contributed by atoms with Crippen molar-refractivity contribution in [2.45, 2.75) is 12.5 Å². The lowest BCUT2D eigenvalue weighted by molar-refractivity contribution is -0.141. The summed E-state index contributed by atoms with van der Waals surface area (Å²) < 4.78 is 0. The number of para-hydroxylation sites is 1. The Balaban J connectivity index is 2.41. The molecule has 1 aromatic carbocycles. The second kappa shape index (κ2) is 7.11. The minimum atomic E-state index is -1.07. The van der Waals surface area contributed by atoms with Crippen LogP contribution in [0.3, 0.4) is 0 Å². The molecular formula is C13H16N2O3. The van der Waals surface area contributed by atoms with Gasteiger partial charge in [0.15, 0.2) is 0 Å². The van der Waals surface area contributed by atoms with Crippen molar-refractivity contribution in [3.63, 3.8) is 0 Å². The third-order valence-corrected chi connectivity index (χ3v) is 2.26. The smallest absolute Gasteiger partial charge is 0.326 e. The molecule has 0 spiro atoms. The lowest BCUT2D eigenvalue weighted by Crippen LogP contribution is -2.42. The molecule has 0 saturated carbocycles. The number of hydrogen-bond donors (Lipinski definition) is 3. The summed E-state index contributed by atoms with van der Waals surface area (Å²) in [5, 5.41) is 14.2. The van der Waals surface area contributed by atoms with Gasteiger partial charge >= 0.3 is 5.97 Å². The zero-order valence-corrected chi connectivity index (χ0v) is 9.93. The first-order chi connectivity index (χ1) is 8.63. The standard InChI is InChI=1S/C13H16N2O3/c1-2-6-11(13(17)18)15-12(16)9-14-10-7-4-3-5-8-10/h2-5,7-8,11,14H,1,6,9H2,(H,15,16)(H,17,18). The highest BCUT2D eigenvalue weighted by Crippen LogP contribution is 2.03. The molecule has 5 nitrogen and oxygen atoms in total. The predicted octanol–water partition coefficient (Wildman–Crippen LogP) is 1.24. The van der Waals surface area contributed by atoms with Crippen LogP contribution in [0.25, 0.3) is 0 Å². The monoisotopic (exact) mass is 248 g/mol. The second-order valence-corrected chi connectivity index (χ2v) is 3.70. The van der Waals surface area contributed by atoms with Crippen LogP contribution in [0.15, 0.2) is 43.0 Å². The summed E-state index contributed by atoms with van der Waals surface area (Å²) in [7, 11) is 0. The van der Waals surface area contributed by atoms with Crippen molar-refractivity contribution in [1.29, 1.82) is 0 Å². The van der Waals surface area contributed by atoms with Gasteiger partial charge in [0.25, 0.3) is 0 Å². The van der Waals surface area contributed by atoms with E-state index in [-0.39, 0.29) is 18.9 Å². The van der Waals surface area contributed by atoms with Gasteiger partial charge in [0.05, 0.1) is 6.54 Å². The quantitative estimate of drug-likeness (QED) is 0.634. The first kappa shape index (κ1) is 13.8. The Labute approximate surface area is 106 Å². The number of carboxylic acid groups (broad SMARTS) is 1. The van der Waals surface area contributed by atoms with Gasteiger partial charge in [0.2, 0.25) is 5.91 Å². The molecule has 96 valence electrons. The minimum absolute atomic E-state index is 0.0327. The third kappa shape index (κ3) is 4.69. The van der Waals surface area contributed by atoms with Crippen LogP contribution in [0, 0.1) is 0 Å². The van der Waals surface area contributed by atoms with Gasteiger partial charge in [-0.3, -0.25) is 4.79 Å². The number of carbonyl (C=O) groups excluding carboxylic acids is 1. The maximum absolute atomic E-state index is 11.5. The number of benzene rings is 1. The van der Waals surface area contributed by atoms with Crippen molar-refractivity contribution in [3.05, 3.63) is 43.0 Å². The average Bonchev–Trinajstić information content (AvgIpc) is 2.37. The summed E-state index contributed by atoms with van der Waals surface area (Å²) >= 11 is 0. The lowest BCUT2D eigenvalue weighted by Gasteiger charge is -2.13. The summed E-state index contributed by atoms with van der Waals surface area (Å²) in [6.07, 6.45) is 1.66. The van der Waals surface area contributed by atoms with Crippen molar-refractivity contribution < 1.29 is 14.7 Å². The van der Waals surface area contributed by atoms with E-state index in [1.54, 1.807) is 0 Å². The fourth-order valence-electron chi connectivity index (χ4n) is 1.37. The zero-order chi connectivity index (χ0) is 13.4. The molecule has 1 amide bonds. The van der Waals surface area contributed by atoms with Crippen LogP contribution in [0.2, 0.25) is 0 Å². The van der Waals surface area contributed by atoms with Gasteiger partial charge in [-0.25, -0.2) is 4.79 Å². The molecule has 1 unspecified atom stereocenters. The number of carboxylic acids is 1. The molecule has 5 heteroatoms. The maximum Gasteiger partial charge on any atom is 0.326 e. The highest BCUT2D eigenvalue weighted by Gasteiger charge is 2.17. The largest absolute Gasteiger partial charge is 0.480 e. The first-order valence-electron chi connectivity index (χ1n) is 5.55. The van der Waals surface area contributed by atoms with Crippen molar-refractivity contribution in [3.8, 4) is 0 Å². The second-order valence-electron chi connectivity index (χ2n) is 3.70. The SMILES string of the molecule is C=CCC(NC(=O)CNc1ccccc1)C(=O)O. The number of hydrogen-bond acceptors (Lipinski definition) is 3. The Morgan fingerprint density at radius 3 is 2.56 bits per heavy atom. The normalized spacial score (nSPS) is 11.3. The van der Waals surface area contributed by atoms with E-state index >= 15 is 0 Å².